The summed E-state index contributed by atoms with van der Waals surface area (Å²) in [5.74, 6) is -3.53. The van der Waals surface area contributed by atoms with Crippen molar-refractivity contribution >= 4 is 23.5 Å². The molecule has 0 fully saturated rings. The normalized spacial score (nSPS) is 21.0. The van der Waals surface area contributed by atoms with Gasteiger partial charge in [-0.2, -0.15) is 41.3 Å². The lowest BCUT2D eigenvalue weighted by molar-refractivity contribution is -0.139. The molecule has 0 saturated heterocycles. The second-order valence-electron chi connectivity index (χ2n) is 4.68. The highest BCUT2D eigenvalue weighted by molar-refractivity contribution is 6.29. The number of hydrogen-bond donors (Lipinski definition) is 2. The first kappa shape index (κ1) is 12.2. The lowest BCUT2D eigenvalue weighted by Crippen LogP contribution is -2.35. The van der Waals surface area contributed by atoms with Gasteiger partial charge in [0, 0.05) is 8.22 Å². The van der Waals surface area contributed by atoms with Gasteiger partial charge in [-0.05, 0) is 25.8 Å². The number of anilines is 2. The van der Waals surface area contributed by atoms with Gasteiger partial charge in [0.2, 0.25) is 11.9 Å². The Morgan fingerprint density at radius 2 is 1.70 bits per heavy atom. The molecule has 0 aliphatic heterocycles. The molecule has 148 valence electrons. The molecule has 0 unspecified atom stereocenters. The number of pyridine rings is 1. The van der Waals surface area contributed by atoms with E-state index in [9.17, 15) is 26.3 Å². The first-order valence-electron chi connectivity index (χ1n) is 10.6. The van der Waals surface area contributed by atoms with Gasteiger partial charge < -0.3 is 10.6 Å². The summed E-state index contributed by atoms with van der Waals surface area (Å²) in [4.78, 5) is 13.8. The molecule has 13 heteroatoms. The largest absolute Gasteiger partial charge is 0.408 e. The lowest BCUT2D eigenvalue weighted by Gasteiger charge is -2.20. The molecule has 2 rings (SSSR count). The van der Waals surface area contributed by atoms with Crippen molar-refractivity contribution in [3.05, 3.63) is 23.3 Å². The van der Waals surface area contributed by atoms with Gasteiger partial charge in [-0.25, -0.2) is 4.98 Å². The highest BCUT2D eigenvalue weighted by Gasteiger charge is 2.38. The highest BCUT2D eigenvalue weighted by Crippen LogP contribution is 2.26. The Balaban J connectivity index is 2.74. The quantitative estimate of drug-likeness (QED) is 0.552. The van der Waals surface area contributed by atoms with E-state index in [-0.39, 0.29) is 5.15 Å². The summed E-state index contributed by atoms with van der Waals surface area (Å²) in [6, 6.07) is -6.12. The van der Waals surface area contributed by atoms with Crippen LogP contribution >= 0.6 is 11.6 Å². The number of rotatable bonds is 5. The number of aromatic nitrogens is 4. The predicted molar refractivity (Wildman–Crippen MR) is 86.3 cm³/mol. The number of alkyl halides is 6. The van der Waals surface area contributed by atoms with E-state index in [1.807, 2.05) is 0 Å². The molecule has 2 N–H and O–H groups in total. The zero-order chi connectivity index (χ0) is 27.2. The Morgan fingerprint density at radius 1 is 1.04 bits per heavy atom. The molecule has 0 aliphatic rings. The highest BCUT2D eigenvalue weighted by atomic mass is 35.5. The van der Waals surface area contributed by atoms with Gasteiger partial charge >= 0.3 is 12.4 Å². The minimum absolute atomic E-state index is 0.288. The first-order valence-corrected chi connectivity index (χ1v) is 7.02. The van der Waals surface area contributed by atoms with E-state index < -0.39 is 67.6 Å². The standard InChI is InChI=1S/C14H13ClF6N6/c1-6(13(16,17)18)22-11-25-10(8-4-3-5-9(15)24-8)26-12(27-11)23-7(2)14(19,20)21/h3-7H,1-2H3,(H2,22,23,25,26,27)/t6-,7-/m1/s1/i1D3,2D3,4D,6D. The molecule has 0 amide bonds. The van der Waals surface area contributed by atoms with E-state index in [0.29, 0.717) is 0 Å². The van der Waals surface area contributed by atoms with Crippen LogP contribution in [0.3, 0.4) is 0 Å². The van der Waals surface area contributed by atoms with Gasteiger partial charge in [0.05, 0.1) is 2.74 Å². The van der Waals surface area contributed by atoms with Crippen molar-refractivity contribution in [2.24, 2.45) is 0 Å². The molecule has 2 aromatic heterocycles. The summed E-state index contributed by atoms with van der Waals surface area (Å²) in [7, 11) is 0. The van der Waals surface area contributed by atoms with Crippen molar-refractivity contribution in [3.8, 4) is 11.5 Å². The van der Waals surface area contributed by atoms with Crippen molar-refractivity contribution in [1.29, 1.82) is 0 Å². The van der Waals surface area contributed by atoms with Gasteiger partial charge in [-0.15, -0.1) is 0 Å². The average molecular weight is 423 g/mol. The van der Waals surface area contributed by atoms with Crippen LogP contribution in [0, 0.1) is 0 Å². The molecule has 2 atom stereocenters. The molecular weight excluding hydrogens is 402 g/mol. The number of nitrogens with zero attached hydrogens (tertiary/aromatic N) is 4. The van der Waals surface area contributed by atoms with Crippen LogP contribution in [-0.2, 0) is 0 Å². The van der Waals surface area contributed by atoms with Crippen LogP contribution < -0.4 is 10.6 Å². The van der Waals surface area contributed by atoms with Crippen LogP contribution in [-0.4, -0.2) is 44.3 Å². The topological polar surface area (TPSA) is 75.6 Å². The fourth-order valence-corrected chi connectivity index (χ4v) is 1.62. The van der Waals surface area contributed by atoms with Crippen LogP contribution in [0.4, 0.5) is 38.2 Å². The molecule has 0 bridgehead atoms. The van der Waals surface area contributed by atoms with Crippen LogP contribution in [0.25, 0.3) is 11.5 Å². The molecular formula is C14H13ClF6N6. The molecule has 6 nitrogen and oxygen atoms in total. The van der Waals surface area contributed by atoms with Gasteiger partial charge in [-0.1, -0.05) is 17.7 Å². The van der Waals surface area contributed by atoms with Crippen LogP contribution in [0.15, 0.2) is 18.2 Å². The third-order valence-corrected chi connectivity index (χ3v) is 2.84. The maximum absolute atomic E-state index is 13.5. The number of nitrogens with one attached hydrogen (secondary N) is 2. The summed E-state index contributed by atoms with van der Waals surface area (Å²) >= 11 is 5.70. The Labute approximate surface area is 165 Å². The van der Waals surface area contributed by atoms with Crippen molar-refractivity contribution < 1.29 is 37.3 Å². The molecule has 27 heavy (non-hydrogen) atoms. The zero-order valence-corrected chi connectivity index (χ0v) is 13.4. The SMILES string of the molecule is [2H]c1ccc(Cl)nc1-c1nc(N[C@H](C([2H])([2H])[2H])C(F)(F)F)nc(N[C@]([2H])(C([2H])([2H])[2H])C(F)(F)F)n1. The van der Waals surface area contributed by atoms with Crippen molar-refractivity contribution in [3.63, 3.8) is 0 Å². The number of hydrogen-bond acceptors (Lipinski definition) is 6. The fraction of sp³-hybridized carbons (Fsp3) is 0.429. The molecule has 0 spiro atoms. The molecule has 0 aliphatic carbocycles. The van der Waals surface area contributed by atoms with Gasteiger partial charge in [0.15, 0.2) is 5.82 Å². The molecule has 0 saturated carbocycles. The summed E-state index contributed by atoms with van der Waals surface area (Å²) < 4.78 is 138. The minimum Gasteiger partial charge on any atom is -0.343 e. The van der Waals surface area contributed by atoms with Crippen LogP contribution in [0.1, 0.15) is 24.7 Å². The summed E-state index contributed by atoms with van der Waals surface area (Å²) in [6.45, 7) is -7.83. The summed E-state index contributed by atoms with van der Waals surface area (Å²) in [6.07, 6.45) is -11.2. The number of halogens is 7. The van der Waals surface area contributed by atoms with Crippen molar-refractivity contribution in [1.82, 2.24) is 19.9 Å². The molecule has 2 heterocycles. The third-order valence-electron chi connectivity index (χ3n) is 2.63. The summed E-state index contributed by atoms with van der Waals surface area (Å²) in [5, 5.41) is 2.33. The van der Waals surface area contributed by atoms with E-state index in [0.717, 1.165) is 12.1 Å². The van der Waals surface area contributed by atoms with Crippen LogP contribution in [0.5, 0.6) is 0 Å². The Hall–Kier alpha value is -2.37. The van der Waals surface area contributed by atoms with E-state index >= 15 is 0 Å². The second-order valence-corrected chi connectivity index (χ2v) is 5.07. The second kappa shape index (κ2) is 7.71. The minimum atomic E-state index is -5.78. The maximum Gasteiger partial charge on any atom is 0.408 e. The van der Waals surface area contributed by atoms with Gasteiger partial charge in [0.1, 0.15) is 22.9 Å². The Morgan fingerprint density at radius 3 is 2.26 bits per heavy atom. The monoisotopic (exact) mass is 422 g/mol. The Kier molecular flexibility index (Phi) is 3.47. The first-order chi connectivity index (χ1) is 15.6. The molecule has 0 aromatic carbocycles. The van der Waals surface area contributed by atoms with E-state index in [1.165, 1.54) is 10.6 Å². The van der Waals surface area contributed by atoms with E-state index in [4.69, 9.17) is 22.6 Å². The van der Waals surface area contributed by atoms with Crippen molar-refractivity contribution in [2.75, 3.05) is 10.6 Å². The van der Waals surface area contributed by atoms with Crippen LogP contribution in [0.2, 0.25) is 5.15 Å². The predicted octanol–water partition coefficient (Wildman–Crippen LogP) is 4.31. The summed E-state index contributed by atoms with van der Waals surface area (Å²) in [5.41, 5.74) is -0.583. The van der Waals surface area contributed by atoms with E-state index in [1.54, 1.807) is 0 Å². The third kappa shape index (κ3) is 5.81. The average Bonchev–Trinajstić information content (AvgIpc) is 2.64. The fourth-order valence-electron chi connectivity index (χ4n) is 1.48. The molecule has 2 aromatic rings. The maximum atomic E-state index is 13.5. The Bertz CT molecular complexity index is 1050. The van der Waals surface area contributed by atoms with Gasteiger partial charge in [0.25, 0.3) is 0 Å². The lowest BCUT2D eigenvalue weighted by atomic mass is 10.3. The zero-order valence-electron chi connectivity index (χ0n) is 20.7. The smallest absolute Gasteiger partial charge is 0.343 e. The van der Waals surface area contributed by atoms with E-state index in [2.05, 4.69) is 19.9 Å². The van der Waals surface area contributed by atoms with Gasteiger partial charge in [-0.3, -0.25) is 0 Å². The van der Waals surface area contributed by atoms with Crippen molar-refractivity contribution in [2.45, 2.75) is 38.1 Å². The molecule has 0 radical (unpaired) electrons.